The summed E-state index contributed by atoms with van der Waals surface area (Å²) < 4.78 is 30.8. The molecule has 0 aromatic heterocycles. The molecule has 346 valence electrons. The number of carbonyl (C=O) groups is 6. The molecular formula is C50H57NO14. The van der Waals surface area contributed by atoms with Crippen LogP contribution in [0.3, 0.4) is 0 Å². The molecule has 4 aliphatic rings. The number of amides is 1. The van der Waals surface area contributed by atoms with Crippen molar-refractivity contribution in [2.24, 2.45) is 16.7 Å². The molecule has 2 unspecified atom stereocenters. The van der Waals surface area contributed by atoms with Gasteiger partial charge in [0.15, 0.2) is 23.6 Å². The van der Waals surface area contributed by atoms with E-state index in [1.165, 1.54) is 19.1 Å². The van der Waals surface area contributed by atoms with Crippen LogP contribution in [0, 0.1) is 16.7 Å². The van der Waals surface area contributed by atoms with Gasteiger partial charge in [-0.3, -0.25) is 19.2 Å². The summed E-state index contributed by atoms with van der Waals surface area (Å²) in [6.07, 6.45) is -9.54. The number of hydrogen-bond acceptors (Lipinski definition) is 14. The number of fused-ring (bicyclic) bond motifs is 5. The van der Waals surface area contributed by atoms with Gasteiger partial charge in [0.25, 0.3) is 5.91 Å². The lowest BCUT2D eigenvalue weighted by molar-refractivity contribution is -0.346. The number of ketones is 1. The third-order valence-electron chi connectivity index (χ3n) is 14.2. The van der Waals surface area contributed by atoms with Crippen LogP contribution in [0.4, 0.5) is 0 Å². The maximum Gasteiger partial charge on any atom is 0.338 e. The van der Waals surface area contributed by atoms with Gasteiger partial charge in [-0.25, -0.2) is 9.59 Å². The number of Topliss-reactive ketones (excluding diaryl/α,β-unsaturated/α-hetero) is 1. The highest BCUT2D eigenvalue weighted by atomic mass is 16.6. The van der Waals surface area contributed by atoms with E-state index >= 15 is 4.79 Å². The van der Waals surface area contributed by atoms with E-state index in [1.54, 1.807) is 99.6 Å². The first-order valence-electron chi connectivity index (χ1n) is 22.0. The van der Waals surface area contributed by atoms with Gasteiger partial charge in [-0.15, -0.1) is 0 Å². The Balaban J connectivity index is 1.40. The highest BCUT2D eigenvalue weighted by Crippen LogP contribution is 2.64. The standard InChI is InChI=1S/C50H57NO14/c1-7-8-24-36(54)63-40-37-28(2)33(62-46(59)39(55)38(30-18-12-9-13-19-30)51-44(57)31-20-14-10-15-21-31)26-50(60,47(37,4)5)43(64-45(58)32-22-16-11-17-23-32)41-48(6,42(40)56)34(53)25-35-49(41,27-61-35)65-29(3)52/h9-23,33-35,38-41,43,53,55,60H,7-8,24-27H2,1-6H3,(H,51,57)/t33-,34-,35+,38-,39+,40+,41?,43?,48+,49-,50+/m0/s1. The number of ether oxygens (including phenoxy) is 5. The van der Waals surface area contributed by atoms with Gasteiger partial charge in [-0.1, -0.05) is 93.9 Å². The molecule has 2 bridgehead atoms. The van der Waals surface area contributed by atoms with Crippen molar-refractivity contribution in [2.45, 2.75) is 128 Å². The molecule has 1 saturated heterocycles. The molecule has 3 aromatic rings. The van der Waals surface area contributed by atoms with E-state index in [0.29, 0.717) is 18.4 Å². The molecule has 1 aliphatic heterocycles. The monoisotopic (exact) mass is 895 g/mol. The summed E-state index contributed by atoms with van der Waals surface area (Å²) in [7, 11) is 0. The first kappa shape index (κ1) is 47.2. The Labute approximate surface area is 377 Å². The van der Waals surface area contributed by atoms with Crippen molar-refractivity contribution in [3.05, 3.63) is 119 Å². The third kappa shape index (κ3) is 8.28. The molecule has 65 heavy (non-hydrogen) atoms. The summed E-state index contributed by atoms with van der Waals surface area (Å²) >= 11 is 0. The topological polar surface area (TPSA) is 221 Å². The third-order valence-corrected chi connectivity index (χ3v) is 14.2. The Morgan fingerprint density at radius 3 is 2.05 bits per heavy atom. The van der Waals surface area contributed by atoms with Crippen molar-refractivity contribution in [1.82, 2.24) is 5.32 Å². The number of benzene rings is 3. The molecule has 1 heterocycles. The summed E-state index contributed by atoms with van der Waals surface area (Å²) in [6.45, 7) is 8.87. The van der Waals surface area contributed by atoms with Gasteiger partial charge in [0.2, 0.25) is 0 Å². The zero-order valence-electron chi connectivity index (χ0n) is 37.4. The van der Waals surface area contributed by atoms with Crippen LogP contribution in [0.15, 0.2) is 102 Å². The van der Waals surface area contributed by atoms with Gasteiger partial charge < -0.3 is 44.3 Å². The van der Waals surface area contributed by atoms with Crippen molar-refractivity contribution in [1.29, 1.82) is 0 Å². The maximum atomic E-state index is 15.8. The van der Waals surface area contributed by atoms with E-state index in [1.807, 2.05) is 6.92 Å². The molecule has 7 rings (SSSR count). The number of nitrogens with one attached hydrogen (secondary N) is 1. The first-order valence-corrected chi connectivity index (χ1v) is 22.0. The Hall–Kier alpha value is -5.74. The minimum Gasteiger partial charge on any atom is -0.456 e. The molecule has 3 fully saturated rings. The highest BCUT2D eigenvalue weighted by molar-refractivity contribution is 5.96. The summed E-state index contributed by atoms with van der Waals surface area (Å²) in [5.41, 5.74) is -6.99. The lowest BCUT2D eigenvalue weighted by atomic mass is 9.44. The first-order chi connectivity index (χ1) is 30.8. The summed E-state index contributed by atoms with van der Waals surface area (Å²) in [5, 5.41) is 40.6. The molecule has 2 saturated carbocycles. The summed E-state index contributed by atoms with van der Waals surface area (Å²) in [5.74, 6) is -6.66. The van der Waals surface area contributed by atoms with Crippen LogP contribution >= 0.6 is 0 Å². The van der Waals surface area contributed by atoms with E-state index in [2.05, 4.69) is 5.32 Å². The number of carbonyl (C=O) groups excluding carboxylic acids is 6. The number of aliphatic hydroxyl groups is 3. The molecule has 0 spiro atoms. The van der Waals surface area contributed by atoms with Gasteiger partial charge in [0.05, 0.1) is 35.6 Å². The van der Waals surface area contributed by atoms with Crippen LogP contribution in [0.2, 0.25) is 0 Å². The molecular weight excluding hydrogens is 839 g/mol. The molecule has 3 aliphatic carbocycles. The Bertz CT molecular complexity index is 2330. The smallest absolute Gasteiger partial charge is 0.338 e. The number of aliphatic hydroxyl groups excluding tert-OH is 2. The number of hydrogen-bond donors (Lipinski definition) is 4. The quantitative estimate of drug-likeness (QED) is 0.102. The normalized spacial score (nSPS) is 30.9. The Kier molecular flexibility index (Phi) is 13.3. The second-order valence-corrected chi connectivity index (χ2v) is 18.3. The Morgan fingerprint density at radius 2 is 1.48 bits per heavy atom. The molecule has 11 atom stereocenters. The minimum absolute atomic E-state index is 0.0199. The number of rotatable bonds is 13. The van der Waals surface area contributed by atoms with Crippen molar-refractivity contribution >= 4 is 35.6 Å². The average Bonchev–Trinajstić information content (AvgIpc) is 3.28. The molecule has 1 amide bonds. The number of unbranched alkanes of at least 4 members (excludes halogenated alkanes) is 1. The van der Waals surface area contributed by atoms with E-state index in [4.69, 9.17) is 23.7 Å². The lowest BCUT2D eigenvalue weighted by Crippen LogP contribution is -2.82. The SMILES string of the molecule is CCCCC(=O)O[C@H]1C(=O)[C@@]2(C)C(C(OC(=O)c3ccccc3)[C@]3(O)C[C@H](OC(=O)[C@H](O)[C@@H](NC(=O)c4ccccc4)c4ccccc4)C(C)=C1C3(C)C)[C@]1(OC(C)=O)CO[C@@H]1C[C@@H]2O. The van der Waals surface area contributed by atoms with Crippen LogP contribution in [0.5, 0.6) is 0 Å². The zero-order valence-corrected chi connectivity index (χ0v) is 37.4. The van der Waals surface area contributed by atoms with Gasteiger partial charge in [-0.2, -0.15) is 0 Å². The summed E-state index contributed by atoms with van der Waals surface area (Å²) in [6, 6.07) is 23.0. The lowest BCUT2D eigenvalue weighted by Gasteiger charge is -2.67. The molecule has 4 N–H and O–H groups in total. The number of esters is 4. The van der Waals surface area contributed by atoms with Crippen molar-refractivity contribution < 1.29 is 67.8 Å². The van der Waals surface area contributed by atoms with E-state index < -0.39 is 113 Å². The minimum atomic E-state index is -2.40. The van der Waals surface area contributed by atoms with Crippen LogP contribution in [0.1, 0.15) is 106 Å². The fraction of sp³-hybridized carbons (Fsp3) is 0.480. The molecule has 15 heteroatoms. The molecule has 3 aromatic carbocycles. The average molecular weight is 896 g/mol. The molecule has 0 radical (unpaired) electrons. The van der Waals surface area contributed by atoms with Crippen LogP contribution in [0.25, 0.3) is 0 Å². The summed E-state index contributed by atoms with van der Waals surface area (Å²) in [4.78, 5) is 84.9. The van der Waals surface area contributed by atoms with E-state index in [-0.39, 0.29) is 41.7 Å². The highest BCUT2D eigenvalue weighted by Gasteiger charge is 2.78. The van der Waals surface area contributed by atoms with Gasteiger partial charge >= 0.3 is 23.9 Å². The van der Waals surface area contributed by atoms with Crippen molar-refractivity contribution in [3.8, 4) is 0 Å². The fourth-order valence-corrected chi connectivity index (χ4v) is 10.5. The van der Waals surface area contributed by atoms with Crippen LogP contribution < -0.4 is 5.32 Å². The Morgan fingerprint density at radius 1 is 0.877 bits per heavy atom. The predicted octanol–water partition coefficient (Wildman–Crippen LogP) is 4.91. The second-order valence-electron chi connectivity index (χ2n) is 18.3. The predicted molar refractivity (Wildman–Crippen MR) is 232 cm³/mol. The van der Waals surface area contributed by atoms with E-state index in [0.717, 1.165) is 6.92 Å². The largest absolute Gasteiger partial charge is 0.456 e. The molecule has 15 nitrogen and oxygen atoms in total. The van der Waals surface area contributed by atoms with Crippen LogP contribution in [-0.2, 0) is 42.9 Å². The van der Waals surface area contributed by atoms with Gasteiger partial charge in [0, 0.05) is 37.2 Å². The zero-order chi connectivity index (χ0) is 47.1. The van der Waals surface area contributed by atoms with E-state index in [9.17, 15) is 39.3 Å². The second kappa shape index (κ2) is 18.3. The maximum absolute atomic E-state index is 15.8. The van der Waals surface area contributed by atoms with Crippen molar-refractivity contribution in [2.75, 3.05) is 6.61 Å². The van der Waals surface area contributed by atoms with Crippen molar-refractivity contribution in [3.63, 3.8) is 0 Å². The van der Waals surface area contributed by atoms with Gasteiger partial charge in [0.1, 0.15) is 23.9 Å². The van der Waals surface area contributed by atoms with Crippen LogP contribution in [-0.4, -0.2) is 105 Å². The van der Waals surface area contributed by atoms with Gasteiger partial charge in [-0.05, 0) is 61.2 Å². The fourth-order valence-electron chi connectivity index (χ4n) is 10.5.